The lowest BCUT2D eigenvalue weighted by atomic mass is 10.2. The van der Waals surface area contributed by atoms with Crippen LogP contribution in [-0.2, 0) is 4.74 Å². The topological polar surface area (TPSA) is 95.3 Å². The highest BCUT2D eigenvalue weighted by atomic mass is 16.5. The largest absolute Gasteiger partial charge is 0.379 e. The predicted molar refractivity (Wildman–Crippen MR) is 59.3 cm³/mol. The van der Waals surface area contributed by atoms with Gasteiger partial charge in [0.2, 0.25) is 0 Å². The Kier molecular flexibility index (Phi) is 3.50. The van der Waals surface area contributed by atoms with Gasteiger partial charge in [0.05, 0.1) is 19.8 Å². The van der Waals surface area contributed by atoms with E-state index in [9.17, 15) is 14.4 Å². The van der Waals surface area contributed by atoms with Gasteiger partial charge in [-0.05, 0) is 0 Å². The molecule has 2 rings (SSSR count). The SMILES string of the molecule is O=C(CN1CCOCC1)c1c[nH]c(=O)[nH]c1=O. The number of aromatic nitrogens is 2. The standard InChI is InChI=1S/C10H13N3O4/c14-8(6-13-1-3-17-4-2-13)7-5-11-10(16)12-9(7)15/h5H,1-4,6H2,(H2,11,12,15,16). The van der Waals surface area contributed by atoms with E-state index >= 15 is 0 Å². The van der Waals surface area contributed by atoms with Crippen LogP contribution < -0.4 is 11.2 Å². The molecule has 1 aromatic rings. The van der Waals surface area contributed by atoms with Gasteiger partial charge in [0.25, 0.3) is 5.56 Å². The first kappa shape index (κ1) is 11.7. The molecule has 17 heavy (non-hydrogen) atoms. The van der Waals surface area contributed by atoms with Crippen molar-refractivity contribution in [3.63, 3.8) is 0 Å². The monoisotopic (exact) mass is 239 g/mol. The highest BCUT2D eigenvalue weighted by Crippen LogP contribution is 1.99. The number of nitrogens with one attached hydrogen (secondary N) is 2. The molecule has 0 aromatic carbocycles. The quantitative estimate of drug-likeness (QED) is 0.631. The number of rotatable bonds is 3. The molecule has 2 N–H and O–H groups in total. The number of ether oxygens (including phenoxy) is 1. The number of Topliss-reactive ketones (excluding diaryl/α,β-unsaturated/α-hetero) is 1. The highest BCUT2D eigenvalue weighted by Gasteiger charge is 2.17. The van der Waals surface area contributed by atoms with Crippen LogP contribution in [0.2, 0.25) is 0 Å². The Bertz CT molecular complexity index is 513. The van der Waals surface area contributed by atoms with Gasteiger partial charge in [0.15, 0.2) is 5.78 Å². The number of nitrogens with zero attached hydrogens (tertiary/aromatic N) is 1. The van der Waals surface area contributed by atoms with Crippen molar-refractivity contribution >= 4 is 5.78 Å². The predicted octanol–water partition coefficient (Wildman–Crippen LogP) is -1.42. The van der Waals surface area contributed by atoms with E-state index < -0.39 is 11.2 Å². The van der Waals surface area contributed by atoms with Crippen molar-refractivity contribution in [3.05, 3.63) is 32.6 Å². The Balaban J connectivity index is 2.08. The summed E-state index contributed by atoms with van der Waals surface area (Å²) in [5, 5.41) is 0. The second-order valence-electron chi connectivity index (χ2n) is 3.80. The zero-order valence-corrected chi connectivity index (χ0v) is 9.19. The summed E-state index contributed by atoms with van der Waals surface area (Å²) in [6.45, 7) is 2.70. The van der Waals surface area contributed by atoms with Gasteiger partial charge in [-0.3, -0.25) is 19.5 Å². The lowest BCUT2D eigenvalue weighted by Gasteiger charge is -2.25. The molecular weight excluding hydrogens is 226 g/mol. The maximum absolute atomic E-state index is 11.8. The second kappa shape index (κ2) is 5.07. The molecule has 0 amide bonds. The maximum atomic E-state index is 11.8. The van der Waals surface area contributed by atoms with Crippen molar-refractivity contribution in [1.29, 1.82) is 0 Å². The Morgan fingerprint density at radius 2 is 2.06 bits per heavy atom. The Labute approximate surface area is 96.4 Å². The van der Waals surface area contributed by atoms with Crippen molar-refractivity contribution in [1.82, 2.24) is 14.9 Å². The first-order valence-electron chi connectivity index (χ1n) is 5.32. The molecule has 7 nitrogen and oxygen atoms in total. The molecule has 92 valence electrons. The molecule has 0 atom stereocenters. The van der Waals surface area contributed by atoms with Crippen LogP contribution in [0.3, 0.4) is 0 Å². The van der Waals surface area contributed by atoms with Gasteiger partial charge in [-0.2, -0.15) is 0 Å². The van der Waals surface area contributed by atoms with Gasteiger partial charge in [0, 0.05) is 19.3 Å². The van der Waals surface area contributed by atoms with Gasteiger partial charge >= 0.3 is 5.69 Å². The van der Waals surface area contributed by atoms with Crippen LogP contribution in [-0.4, -0.2) is 53.5 Å². The Morgan fingerprint density at radius 1 is 1.35 bits per heavy atom. The number of hydrogen-bond donors (Lipinski definition) is 2. The minimum atomic E-state index is -0.646. The molecule has 0 bridgehead atoms. The molecule has 1 fully saturated rings. The molecule has 1 aliphatic rings. The van der Waals surface area contributed by atoms with E-state index in [1.165, 1.54) is 0 Å². The van der Waals surface area contributed by atoms with Crippen LogP contribution >= 0.6 is 0 Å². The summed E-state index contributed by atoms with van der Waals surface area (Å²) in [5.74, 6) is -0.301. The molecule has 1 saturated heterocycles. The Morgan fingerprint density at radius 3 is 2.71 bits per heavy atom. The van der Waals surface area contributed by atoms with Gasteiger partial charge < -0.3 is 9.72 Å². The number of morpholine rings is 1. The molecule has 0 unspecified atom stereocenters. The van der Waals surface area contributed by atoms with E-state index in [0.717, 1.165) is 6.20 Å². The molecule has 1 aromatic heterocycles. The first-order valence-corrected chi connectivity index (χ1v) is 5.32. The zero-order chi connectivity index (χ0) is 12.3. The summed E-state index contributed by atoms with van der Waals surface area (Å²) in [6.07, 6.45) is 1.16. The smallest absolute Gasteiger partial charge is 0.325 e. The molecule has 2 heterocycles. The molecule has 0 aliphatic carbocycles. The third kappa shape index (κ3) is 2.89. The van der Waals surface area contributed by atoms with Crippen LogP contribution in [0.25, 0.3) is 0 Å². The summed E-state index contributed by atoms with van der Waals surface area (Å²) in [6, 6.07) is 0. The van der Waals surface area contributed by atoms with Gasteiger partial charge in [0.1, 0.15) is 5.56 Å². The summed E-state index contributed by atoms with van der Waals surface area (Å²) < 4.78 is 5.16. The van der Waals surface area contributed by atoms with Crippen LogP contribution in [0.15, 0.2) is 15.8 Å². The normalized spacial score (nSPS) is 16.9. The fraction of sp³-hybridized carbons (Fsp3) is 0.500. The van der Waals surface area contributed by atoms with E-state index in [1.807, 2.05) is 9.88 Å². The van der Waals surface area contributed by atoms with Crippen molar-refractivity contribution in [2.75, 3.05) is 32.8 Å². The van der Waals surface area contributed by atoms with E-state index in [4.69, 9.17) is 4.74 Å². The van der Waals surface area contributed by atoms with Crippen molar-refractivity contribution < 1.29 is 9.53 Å². The summed E-state index contributed by atoms with van der Waals surface area (Å²) >= 11 is 0. The number of aromatic amines is 2. The van der Waals surface area contributed by atoms with Crippen LogP contribution in [0.5, 0.6) is 0 Å². The summed E-state index contributed by atoms with van der Waals surface area (Å²) in [7, 11) is 0. The molecule has 1 aliphatic heterocycles. The fourth-order valence-electron chi connectivity index (χ4n) is 1.66. The first-order chi connectivity index (χ1) is 8.16. The molecular formula is C10H13N3O4. The molecule has 0 spiro atoms. The molecule has 0 radical (unpaired) electrons. The lowest BCUT2D eigenvalue weighted by Crippen LogP contribution is -2.41. The number of carbonyl (C=O) groups excluding carboxylic acids is 1. The van der Waals surface area contributed by atoms with Gasteiger partial charge in [-0.25, -0.2) is 4.79 Å². The third-order valence-corrected chi connectivity index (χ3v) is 2.59. The molecule has 7 heteroatoms. The van der Waals surface area contributed by atoms with E-state index in [1.54, 1.807) is 0 Å². The zero-order valence-electron chi connectivity index (χ0n) is 9.19. The third-order valence-electron chi connectivity index (χ3n) is 2.59. The van der Waals surface area contributed by atoms with E-state index in [-0.39, 0.29) is 17.9 Å². The minimum absolute atomic E-state index is 0.0175. The number of ketones is 1. The minimum Gasteiger partial charge on any atom is -0.379 e. The maximum Gasteiger partial charge on any atom is 0.325 e. The van der Waals surface area contributed by atoms with Crippen molar-refractivity contribution in [2.45, 2.75) is 0 Å². The van der Waals surface area contributed by atoms with Crippen LogP contribution in [0.4, 0.5) is 0 Å². The van der Waals surface area contributed by atoms with Gasteiger partial charge in [-0.1, -0.05) is 0 Å². The van der Waals surface area contributed by atoms with Crippen molar-refractivity contribution in [3.8, 4) is 0 Å². The number of hydrogen-bond acceptors (Lipinski definition) is 5. The van der Waals surface area contributed by atoms with Crippen LogP contribution in [0, 0.1) is 0 Å². The Hall–Kier alpha value is -1.73. The summed E-state index contributed by atoms with van der Waals surface area (Å²) in [4.78, 5) is 40.2. The van der Waals surface area contributed by atoms with Crippen molar-refractivity contribution in [2.24, 2.45) is 0 Å². The lowest BCUT2D eigenvalue weighted by molar-refractivity contribution is 0.0371. The molecule has 0 saturated carbocycles. The summed E-state index contributed by atoms with van der Waals surface area (Å²) in [5.41, 5.74) is -1.28. The van der Waals surface area contributed by atoms with Crippen LogP contribution in [0.1, 0.15) is 10.4 Å². The van der Waals surface area contributed by atoms with E-state index in [0.29, 0.717) is 26.3 Å². The number of carbonyl (C=O) groups is 1. The highest BCUT2D eigenvalue weighted by molar-refractivity contribution is 5.96. The second-order valence-corrected chi connectivity index (χ2v) is 3.80. The number of H-pyrrole nitrogens is 2. The van der Waals surface area contributed by atoms with E-state index in [2.05, 4.69) is 4.98 Å². The average Bonchev–Trinajstić information content (AvgIpc) is 2.30. The average molecular weight is 239 g/mol. The fourth-order valence-corrected chi connectivity index (χ4v) is 1.66. The van der Waals surface area contributed by atoms with Gasteiger partial charge in [-0.15, -0.1) is 0 Å².